The van der Waals surface area contributed by atoms with Gasteiger partial charge >= 0.3 is 0 Å². The molecule has 0 fully saturated rings. The number of ether oxygens (including phenoxy) is 1. The van der Waals surface area contributed by atoms with Crippen molar-refractivity contribution in [3.05, 3.63) is 29.8 Å². The predicted molar refractivity (Wildman–Crippen MR) is 66.7 cm³/mol. The van der Waals surface area contributed by atoms with Gasteiger partial charge in [0.05, 0.1) is 12.5 Å². The summed E-state index contributed by atoms with van der Waals surface area (Å²) in [5.41, 5.74) is 1.07. The monoisotopic (exact) mass is 239 g/mol. The molecule has 1 atom stereocenters. The maximum absolute atomic E-state index is 11.4. The molecule has 0 aromatic heterocycles. The molecule has 1 unspecified atom stereocenters. The molecule has 0 spiro atoms. The van der Waals surface area contributed by atoms with Crippen LogP contribution in [0.4, 0.5) is 0 Å². The zero-order valence-corrected chi connectivity index (χ0v) is 10.6. The average Bonchev–Trinajstić information content (AvgIpc) is 2.35. The van der Waals surface area contributed by atoms with Gasteiger partial charge in [-0.05, 0) is 17.9 Å². The third-order valence-corrected chi connectivity index (χ3v) is 3.23. The van der Waals surface area contributed by atoms with E-state index in [0.717, 1.165) is 10.5 Å². The van der Waals surface area contributed by atoms with Crippen LogP contribution in [-0.4, -0.2) is 26.3 Å². The van der Waals surface area contributed by atoms with Gasteiger partial charge in [-0.2, -0.15) is 0 Å². The van der Waals surface area contributed by atoms with Gasteiger partial charge in [0.1, 0.15) is 0 Å². The Hall–Kier alpha value is -1.00. The van der Waals surface area contributed by atoms with E-state index in [-0.39, 0.29) is 12.0 Å². The molecule has 1 aromatic carbocycles. The number of nitrogens with one attached hydrogen (secondary N) is 1. The first-order valence-corrected chi connectivity index (χ1v) is 6.31. The molecule has 88 valence electrons. The third-order valence-electron chi connectivity index (χ3n) is 2.42. The molecule has 0 radical (unpaired) electrons. The van der Waals surface area contributed by atoms with Crippen molar-refractivity contribution < 1.29 is 9.53 Å². The summed E-state index contributed by atoms with van der Waals surface area (Å²) >= 11 is 1.66. The summed E-state index contributed by atoms with van der Waals surface area (Å²) in [4.78, 5) is 12.5. The molecule has 1 N–H and O–H groups in total. The van der Waals surface area contributed by atoms with E-state index >= 15 is 0 Å². The summed E-state index contributed by atoms with van der Waals surface area (Å²) < 4.78 is 5.38. The summed E-state index contributed by atoms with van der Waals surface area (Å²) in [6.45, 7) is 0. The molecule has 0 saturated heterocycles. The second kappa shape index (κ2) is 6.55. The maximum atomic E-state index is 11.4. The molecule has 1 rings (SSSR count). The quantitative estimate of drug-likeness (QED) is 0.801. The molecule has 1 amide bonds. The fourth-order valence-corrected chi connectivity index (χ4v) is 2.17. The van der Waals surface area contributed by atoms with E-state index in [1.807, 2.05) is 30.5 Å². The highest BCUT2D eigenvalue weighted by Gasteiger charge is 2.17. The number of carbonyl (C=O) groups excluding carboxylic acids is 1. The number of thioether (sulfide) groups is 1. The number of rotatable bonds is 5. The van der Waals surface area contributed by atoms with E-state index in [1.54, 1.807) is 25.9 Å². The van der Waals surface area contributed by atoms with Crippen molar-refractivity contribution in [1.82, 2.24) is 5.32 Å². The maximum Gasteiger partial charge on any atom is 0.222 e. The minimum atomic E-state index is -0.177. The summed E-state index contributed by atoms with van der Waals surface area (Å²) in [6, 6.07) is 7.99. The number of carbonyl (C=O) groups is 1. The van der Waals surface area contributed by atoms with E-state index in [2.05, 4.69) is 5.32 Å². The van der Waals surface area contributed by atoms with Gasteiger partial charge < -0.3 is 10.1 Å². The fraction of sp³-hybridized carbons (Fsp3) is 0.417. The van der Waals surface area contributed by atoms with Crippen molar-refractivity contribution in [1.29, 1.82) is 0 Å². The van der Waals surface area contributed by atoms with Crippen molar-refractivity contribution in [3.63, 3.8) is 0 Å². The smallest absolute Gasteiger partial charge is 0.222 e. The standard InChI is InChI=1S/C12H17NO2S/c1-13-12(14)8-10(15-2)9-6-4-5-7-11(9)16-3/h4-7,10H,8H2,1-3H3,(H,13,14). The highest BCUT2D eigenvalue weighted by atomic mass is 32.2. The van der Waals surface area contributed by atoms with E-state index in [1.165, 1.54) is 0 Å². The first kappa shape index (κ1) is 13.1. The molecule has 0 bridgehead atoms. The molecular formula is C12H17NO2S. The SMILES string of the molecule is CNC(=O)CC(OC)c1ccccc1SC. The van der Waals surface area contributed by atoms with E-state index in [4.69, 9.17) is 4.74 Å². The lowest BCUT2D eigenvalue weighted by Gasteiger charge is -2.17. The first-order chi connectivity index (χ1) is 7.72. The van der Waals surface area contributed by atoms with Crippen molar-refractivity contribution in [2.75, 3.05) is 20.4 Å². The van der Waals surface area contributed by atoms with Crippen LogP contribution in [0, 0.1) is 0 Å². The Morgan fingerprint density at radius 3 is 2.75 bits per heavy atom. The molecule has 0 aliphatic carbocycles. The van der Waals surface area contributed by atoms with E-state index in [0.29, 0.717) is 6.42 Å². The highest BCUT2D eigenvalue weighted by Crippen LogP contribution is 2.29. The van der Waals surface area contributed by atoms with Crippen molar-refractivity contribution in [2.24, 2.45) is 0 Å². The topological polar surface area (TPSA) is 38.3 Å². The van der Waals surface area contributed by atoms with Gasteiger partial charge in [-0.1, -0.05) is 18.2 Å². The van der Waals surface area contributed by atoms with Crippen LogP contribution in [0.25, 0.3) is 0 Å². The Morgan fingerprint density at radius 1 is 1.50 bits per heavy atom. The summed E-state index contributed by atoms with van der Waals surface area (Å²) in [6.07, 6.45) is 2.19. The fourth-order valence-electron chi connectivity index (χ4n) is 1.52. The zero-order valence-electron chi connectivity index (χ0n) is 9.82. The second-order valence-electron chi connectivity index (χ2n) is 3.34. The number of amides is 1. The Labute approximate surface area is 101 Å². The molecule has 3 nitrogen and oxygen atoms in total. The van der Waals surface area contributed by atoms with Crippen LogP contribution in [0.5, 0.6) is 0 Å². The average molecular weight is 239 g/mol. The van der Waals surface area contributed by atoms with Crippen LogP contribution < -0.4 is 5.32 Å². The summed E-state index contributed by atoms with van der Waals surface area (Å²) in [5, 5.41) is 2.61. The minimum Gasteiger partial charge on any atom is -0.376 e. The summed E-state index contributed by atoms with van der Waals surface area (Å²) in [7, 11) is 3.26. The molecule has 0 saturated carbocycles. The van der Waals surface area contributed by atoms with Gasteiger partial charge in [-0.25, -0.2) is 0 Å². The van der Waals surface area contributed by atoms with Crippen molar-refractivity contribution in [3.8, 4) is 0 Å². The summed E-state index contributed by atoms with van der Waals surface area (Å²) in [5.74, 6) is -0.0113. The molecule has 0 aliphatic heterocycles. The third kappa shape index (κ3) is 3.25. The highest BCUT2D eigenvalue weighted by molar-refractivity contribution is 7.98. The van der Waals surface area contributed by atoms with Crippen LogP contribution >= 0.6 is 11.8 Å². The second-order valence-corrected chi connectivity index (χ2v) is 4.19. The lowest BCUT2D eigenvalue weighted by atomic mass is 10.1. The van der Waals surface area contributed by atoms with E-state index in [9.17, 15) is 4.79 Å². The van der Waals surface area contributed by atoms with Crippen molar-refractivity contribution in [2.45, 2.75) is 17.4 Å². The van der Waals surface area contributed by atoms with Gasteiger partial charge in [0.25, 0.3) is 0 Å². The molecule has 0 heterocycles. The Kier molecular flexibility index (Phi) is 5.35. The Morgan fingerprint density at radius 2 is 2.19 bits per heavy atom. The number of methoxy groups -OCH3 is 1. The zero-order chi connectivity index (χ0) is 12.0. The first-order valence-electron chi connectivity index (χ1n) is 5.09. The number of hydrogen-bond acceptors (Lipinski definition) is 3. The Bertz CT molecular complexity index is 355. The normalized spacial score (nSPS) is 12.2. The predicted octanol–water partition coefficient (Wildman–Crippen LogP) is 2.23. The van der Waals surface area contributed by atoms with Gasteiger partial charge in [0.2, 0.25) is 5.91 Å². The lowest BCUT2D eigenvalue weighted by molar-refractivity contribution is -0.123. The van der Waals surface area contributed by atoms with Gasteiger partial charge in [-0.3, -0.25) is 4.79 Å². The lowest BCUT2D eigenvalue weighted by Crippen LogP contribution is -2.21. The Balaban J connectivity index is 2.89. The van der Waals surface area contributed by atoms with Gasteiger partial charge in [-0.15, -0.1) is 11.8 Å². The largest absolute Gasteiger partial charge is 0.376 e. The van der Waals surface area contributed by atoms with Crippen LogP contribution in [0.15, 0.2) is 29.2 Å². The van der Waals surface area contributed by atoms with E-state index < -0.39 is 0 Å². The van der Waals surface area contributed by atoms with Crippen LogP contribution in [-0.2, 0) is 9.53 Å². The molecule has 1 aromatic rings. The number of hydrogen-bond donors (Lipinski definition) is 1. The van der Waals surface area contributed by atoms with Gasteiger partial charge in [0, 0.05) is 19.1 Å². The number of benzene rings is 1. The van der Waals surface area contributed by atoms with Crippen LogP contribution in [0.1, 0.15) is 18.1 Å². The minimum absolute atomic E-state index is 0.0113. The molecular weight excluding hydrogens is 222 g/mol. The van der Waals surface area contributed by atoms with Crippen molar-refractivity contribution >= 4 is 17.7 Å². The molecule has 16 heavy (non-hydrogen) atoms. The molecule has 4 heteroatoms. The van der Waals surface area contributed by atoms with Gasteiger partial charge in [0.15, 0.2) is 0 Å². The van der Waals surface area contributed by atoms with Crippen LogP contribution in [0.3, 0.4) is 0 Å². The van der Waals surface area contributed by atoms with Crippen LogP contribution in [0.2, 0.25) is 0 Å². The molecule has 0 aliphatic rings.